The number of hydrogen-bond donors (Lipinski definition) is 2. The Hall–Kier alpha value is -8.25. The zero-order chi connectivity index (χ0) is 88.5. The van der Waals surface area contributed by atoms with Crippen molar-refractivity contribution in [1.29, 1.82) is 0 Å². The molecule has 2 saturated carbocycles. The molecule has 2 aliphatic carbocycles. The Bertz CT molecular complexity index is 5010. The smallest absolute Gasteiger partial charge is 1.00 e. The summed E-state index contributed by atoms with van der Waals surface area (Å²) in [5.74, 6) is -3.20. The van der Waals surface area contributed by atoms with Gasteiger partial charge in [0.1, 0.15) is 11.8 Å². The van der Waals surface area contributed by atoms with E-state index in [9.17, 15) is 96.6 Å². The van der Waals surface area contributed by atoms with Crippen LogP contribution >= 0.6 is 66.7 Å². The van der Waals surface area contributed by atoms with Gasteiger partial charge in [0.15, 0.2) is 43.4 Å². The average molecular weight is 2020 g/mol. The molecule has 0 atom stereocenters. The maximum Gasteiger partial charge on any atom is 1.00 e. The van der Waals surface area contributed by atoms with E-state index < -0.39 is 129 Å². The van der Waals surface area contributed by atoms with Crippen molar-refractivity contribution in [1.82, 2.24) is 83.7 Å². The fourth-order valence-corrected chi connectivity index (χ4v) is 8.92. The molecule has 688 valence electrons. The van der Waals surface area contributed by atoms with Crippen LogP contribution in [0.15, 0.2) is 138 Å². The van der Waals surface area contributed by atoms with Crippen LogP contribution in [0.25, 0.3) is 39.5 Å². The molecule has 0 amide bonds. The van der Waals surface area contributed by atoms with E-state index in [-0.39, 0.29) is 131 Å². The number of aliphatic hydroxyl groups is 2. The van der Waals surface area contributed by atoms with E-state index in [2.05, 4.69) is 121 Å². The molecular weight excluding hydrogens is 1940 g/mol. The second-order valence-electron chi connectivity index (χ2n) is 24.9. The van der Waals surface area contributed by atoms with Gasteiger partial charge >= 0.3 is 84.4 Å². The predicted molar refractivity (Wildman–Crippen MR) is 414 cm³/mol. The van der Waals surface area contributed by atoms with E-state index in [1.807, 2.05) is 27.7 Å². The average Bonchev–Trinajstić information content (AvgIpc) is 1.63. The molecule has 0 unspecified atom stereocenters. The summed E-state index contributed by atoms with van der Waals surface area (Å²) in [5.41, 5.74) is 1.17. The van der Waals surface area contributed by atoms with Crippen LogP contribution in [-0.2, 0) is 30.9 Å². The molecule has 2 N–H and O–H groups in total. The van der Waals surface area contributed by atoms with Crippen LogP contribution in [0.1, 0.15) is 109 Å². The quantitative estimate of drug-likeness (QED) is 0.0393. The van der Waals surface area contributed by atoms with E-state index in [1.165, 1.54) is 111 Å². The van der Waals surface area contributed by atoms with Gasteiger partial charge in [-0.2, -0.15) is 96.6 Å². The maximum absolute atomic E-state index is 14.3. The number of nitrogens with zero attached hydrogens (tertiary/aromatic N) is 17. The number of alkyl halides is 23. The molecule has 125 heavy (non-hydrogen) atoms. The standard InChI is InChI=1S/C16H12F5N5O2.C13H17BF3NO3.C13H7ClF5N5O.C7H5BrF3NO.C6H2Cl2F2N4.C5H3BrFN.C3H6O.C2H3F3O.5CH4.Na.H/c17-15(18,19)8-27-13-4-1-9(5-23-13)11-7-26-12(6-22-11)24-25-14(26)16(20,21)28-10-2-3-10;1-11(2)12(3,4)21-14(20-11)9-5-6-10(18-7-9)19-8-13(15,16)17;14-13(18,19)11-23-22-9-4-20-8(5-24(9)11)7-1-2-10(21-3-7)25-6-12(15,16)17;8-5-1-2-6(12-3-5)13-4-7(9,10)11;7-3-2-14-4(1-11-3)12-13-5(14)6(8,9)10;6-4-1-2-5(7)8-3-4;4-3-1-2-3;3-2(4,5)1-6;;;;;;;/h1,4-7,10H,2-3,8H2;5-7H,8H2,1-4H3;1-5H,6H2;1-3H,4H2;1-2H;1-3H;3-4H,1-2H2;6H,1H2;5*1H4;;/q;;;;;;;;;;;;;+1;-1. The van der Waals surface area contributed by atoms with Crippen LogP contribution in [0.2, 0.25) is 5.15 Å². The van der Waals surface area contributed by atoms with Crippen LogP contribution in [0.4, 0.5) is 96.6 Å². The molecule has 1 saturated heterocycles. The molecule has 11 aromatic heterocycles. The van der Waals surface area contributed by atoms with Crippen LogP contribution in [-0.4, -0.2) is 188 Å². The summed E-state index contributed by atoms with van der Waals surface area (Å²) in [4.78, 5) is 30.1. The van der Waals surface area contributed by atoms with Crippen LogP contribution in [0.5, 0.6) is 23.5 Å². The van der Waals surface area contributed by atoms with Crippen molar-refractivity contribution in [3.63, 3.8) is 0 Å². The van der Waals surface area contributed by atoms with E-state index >= 15 is 0 Å². The van der Waals surface area contributed by atoms with Gasteiger partial charge < -0.3 is 44.6 Å². The molecule has 0 bridgehead atoms. The molecule has 14 rings (SSSR count). The van der Waals surface area contributed by atoms with Gasteiger partial charge in [0.2, 0.25) is 46.9 Å². The van der Waals surface area contributed by atoms with Crippen molar-refractivity contribution >= 4 is 96.2 Å². The summed E-state index contributed by atoms with van der Waals surface area (Å²) in [7, 11) is -0.598. The normalized spacial score (nSPS) is 13.9. The van der Waals surface area contributed by atoms with Crippen molar-refractivity contribution < 1.29 is 171 Å². The number of ether oxygens (including phenoxy) is 5. The fourth-order valence-electron chi connectivity index (χ4n) is 8.05. The van der Waals surface area contributed by atoms with Gasteiger partial charge in [-0.25, -0.2) is 29.9 Å². The first-order valence-corrected chi connectivity index (χ1v) is 35.5. The summed E-state index contributed by atoms with van der Waals surface area (Å²) in [5, 5.41) is 28.9. The monoisotopic (exact) mass is 2010 g/mol. The Morgan fingerprint density at radius 3 is 1.07 bits per heavy atom. The summed E-state index contributed by atoms with van der Waals surface area (Å²) in [6.07, 6.45) is -8.97. The second-order valence-corrected chi connectivity index (χ2v) is 28.0. The zero-order valence-electron chi connectivity index (χ0n) is 62.3. The summed E-state index contributed by atoms with van der Waals surface area (Å²) < 4.78 is 307. The van der Waals surface area contributed by atoms with E-state index in [0.29, 0.717) is 33.9 Å². The first-order valence-electron chi connectivity index (χ1n) is 32.8. The molecule has 1 aliphatic heterocycles. The number of hydrogen-bond acceptors (Lipinski definition) is 23. The number of rotatable bonds is 16. The predicted octanol–water partition coefficient (Wildman–Crippen LogP) is 16.9. The molecule has 3 fully saturated rings. The maximum atomic E-state index is 14.3. The van der Waals surface area contributed by atoms with E-state index in [4.69, 9.17) is 59.1 Å². The van der Waals surface area contributed by atoms with Crippen molar-refractivity contribution in [3.05, 3.63) is 166 Å². The van der Waals surface area contributed by atoms with E-state index in [0.717, 1.165) is 30.5 Å². The van der Waals surface area contributed by atoms with Gasteiger partial charge in [0, 0.05) is 93.3 Å². The SMILES string of the molecule is C.C.C.C.C.CC1(C)OB(c2ccc(OCC(F)(F)F)nc2)OC1(C)C.FC(F)(Cl)c1nnc2cnc(Cl)cn12.FC(F)(F)COc1ccc(-c2cn3c(C(F)(F)Cl)nnc3cn2)cn1.FC(F)(F)COc1ccc(-c2cn3c(C(F)(F)OC4CC4)nnc3cn2)cn1.FC(F)(F)COc1ccc(Br)cn1.Fc1ccc(Br)cn1.OC1CC1.OCC(F)(F)F.[H-].[Na+]. The van der Waals surface area contributed by atoms with Gasteiger partial charge in [-0.05, 0) is 145 Å². The van der Waals surface area contributed by atoms with Gasteiger partial charge in [-0.15, -0.1) is 30.6 Å². The topological polar surface area (TPSA) is 299 Å². The van der Waals surface area contributed by atoms with E-state index in [1.54, 1.807) is 18.2 Å². The largest absolute Gasteiger partial charge is 1.00 e. The Kier molecular flexibility index (Phi) is 44.3. The first-order chi connectivity index (χ1) is 55.0. The fraction of sp³-hybridized carbons (Fsp3) is 0.429. The molecule has 26 nitrogen and oxygen atoms in total. The van der Waals surface area contributed by atoms with Gasteiger partial charge in [-0.1, -0.05) is 54.8 Å². The minimum absolute atomic E-state index is 0. The summed E-state index contributed by atoms with van der Waals surface area (Å²) >= 11 is 21.5. The molecule has 55 heteroatoms. The number of pyridine rings is 5. The van der Waals surface area contributed by atoms with Crippen molar-refractivity contribution in [2.45, 2.75) is 162 Å². The zero-order valence-corrected chi connectivity index (χ0v) is 68.7. The second kappa shape index (κ2) is 48.2. The summed E-state index contributed by atoms with van der Waals surface area (Å²) in [6.45, 7) is 0.317. The molecular formula is C70H76BBr2Cl3F22N17NaO9. The minimum atomic E-state index is -4.48. The molecule has 0 spiro atoms. The minimum Gasteiger partial charge on any atom is -1.00 e. The number of fused-ring (bicyclic) bond motifs is 3. The molecule has 12 heterocycles. The van der Waals surface area contributed by atoms with Crippen LogP contribution < -0.4 is 54.0 Å². The number of aliphatic hydroxyl groups excluding tert-OH is 2. The third-order valence-corrected chi connectivity index (χ3v) is 15.9. The Balaban J connectivity index is 0.00000148. The van der Waals surface area contributed by atoms with Crippen LogP contribution in [0.3, 0.4) is 0 Å². The van der Waals surface area contributed by atoms with Gasteiger partial charge in [0.05, 0.1) is 53.4 Å². The molecule has 11 aromatic rings. The summed E-state index contributed by atoms with van der Waals surface area (Å²) in [6, 6.07) is 14.0. The van der Waals surface area contributed by atoms with Gasteiger partial charge in [-0.3, -0.25) is 23.2 Å². The van der Waals surface area contributed by atoms with Crippen molar-refractivity contribution in [3.8, 4) is 46.0 Å². The third-order valence-electron chi connectivity index (χ3n) is 14.5. The molecule has 0 radical (unpaired) electrons. The number of halogens is 27. The Labute approximate surface area is 753 Å². The molecule has 3 aliphatic rings. The third kappa shape index (κ3) is 39.5. The molecule has 0 aromatic carbocycles. The van der Waals surface area contributed by atoms with Gasteiger partial charge in [0.25, 0.3) is 0 Å². The number of aromatic nitrogens is 17. The van der Waals surface area contributed by atoms with Crippen LogP contribution in [0, 0.1) is 5.95 Å². The Morgan fingerprint density at radius 1 is 0.448 bits per heavy atom. The Morgan fingerprint density at radius 2 is 0.776 bits per heavy atom. The first kappa shape index (κ1) is 115. The van der Waals surface area contributed by atoms with Crippen molar-refractivity contribution in [2.24, 2.45) is 0 Å². The van der Waals surface area contributed by atoms with Crippen molar-refractivity contribution in [2.75, 3.05) is 33.0 Å².